The number of aliphatic hydroxyl groups is 1. The predicted octanol–water partition coefficient (Wildman–Crippen LogP) is 6.31. The monoisotopic (exact) mass is 588 g/mol. The van der Waals surface area contributed by atoms with Crippen molar-refractivity contribution in [1.82, 2.24) is 9.80 Å². The van der Waals surface area contributed by atoms with E-state index in [-0.39, 0.29) is 37.2 Å². The highest BCUT2D eigenvalue weighted by Crippen LogP contribution is 2.39. The van der Waals surface area contributed by atoms with Gasteiger partial charge in [-0.1, -0.05) is 78.9 Å². The summed E-state index contributed by atoms with van der Waals surface area (Å²) in [6, 6.07) is 30.9. The highest BCUT2D eigenvalue weighted by atomic mass is 16.7. The van der Waals surface area contributed by atoms with E-state index in [9.17, 15) is 14.7 Å². The third kappa shape index (κ3) is 6.27. The van der Waals surface area contributed by atoms with Crippen molar-refractivity contribution in [3.63, 3.8) is 0 Å². The molecule has 1 fully saturated rings. The van der Waals surface area contributed by atoms with E-state index < -0.39 is 6.29 Å². The van der Waals surface area contributed by atoms with Crippen LogP contribution < -0.4 is 0 Å². The molecule has 3 atom stereocenters. The highest BCUT2D eigenvalue weighted by molar-refractivity contribution is 6.21. The summed E-state index contributed by atoms with van der Waals surface area (Å²) >= 11 is 0. The van der Waals surface area contributed by atoms with Crippen LogP contribution >= 0.6 is 0 Å². The van der Waals surface area contributed by atoms with Crippen LogP contribution in [0.25, 0.3) is 11.1 Å². The first kappa shape index (κ1) is 29.7. The van der Waals surface area contributed by atoms with Crippen molar-refractivity contribution >= 4 is 11.8 Å². The summed E-state index contributed by atoms with van der Waals surface area (Å²) in [6.45, 7) is 5.55. The Balaban J connectivity index is 1.23. The van der Waals surface area contributed by atoms with Gasteiger partial charge in [0.25, 0.3) is 11.8 Å². The van der Waals surface area contributed by atoms with Gasteiger partial charge in [0.1, 0.15) is 0 Å². The van der Waals surface area contributed by atoms with E-state index in [1.165, 1.54) is 4.90 Å². The number of likely N-dealkylation sites (N-methyl/N-ethyl adjacent to an activating group) is 1. The summed E-state index contributed by atoms with van der Waals surface area (Å²) in [4.78, 5) is 29.4. The van der Waals surface area contributed by atoms with Crippen LogP contribution in [0.3, 0.4) is 0 Å². The van der Waals surface area contributed by atoms with Gasteiger partial charge in [0.2, 0.25) is 0 Å². The molecule has 6 rings (SSSR count). The summed E-state index contributed by atoms with van der Waals surface area (Å²) in [6.07, 6.45) is 1.78. The van der Waals surface area contributed by atoms with Gasteiger partial charge in [0.15, 0.2) is 6.29 Å². The Morgan fingerprint density at radius 2 is 1.52 bits per heavy atom. The summed E-state index contributed by atoms with van der Waals surface area (Å²) in [5, 5.41) is 9.49. The molecule has 2 aliphatic heterocycles. The number of amides is 2. The number of carbonyl (C=O) groups excluding carboxylic acids is 2. The van der Waals surface area contributed by atoms with Crippen LogP contribution in [-0.4, -0.2) is 53.0 Å². The van der Waals surface area contributed by atoms with Crippen LogP contribution in [0, 0.1) is 0 Å². The lowest BCUT2D eigenvalue weighted by Crippen LogP contribution is -2.37. The maximum atomic E-state index is 12.9. The second-order valence-electron chi connectivity index (χ2n) is 11.4. The van der Waals surface area contributed by atoms with E-state index in [4.69, 9.17) is 9.47 Å². The number of fused-ring (bicyclic) bond motifs is 1. The number of hydrogen-bond donors (Lipinski definition) is 1. The molecule has 2 aliphatic rings. The number of aliphatic hydroxyl groups excluding tert-OH is 1. The molecule has 0 aliphatic carbocycles. The van der Waals surface area contributed by atoms with Crippen molar-refractivity contribution < 1.29 is 24.2 Å². The molecule has 0 unspecified atom stereocenters. The van der Waals surface area contributed by atoms with Crippen molar-refractivity contribution in [2.45, 2.75) is 38.1 Å². The van der Waals surface area contributed by atoms with E-state index >= 15 is 0 Å². The Labute approximate surface area is 258 Å². The third-order valence-electron chi connectivity index (χ3n) is 8.21. The van der Waals surface area contributed by atoms with Crippen LogP contribution in [0.15, 0.2) is 110 Å². The number of nitrogens with zero attached hydrogens (tertiary/aromatic N) is 2. The van der Waals surface area contributed by atoms with Crippen LogP contribution in [0.5, 0.6) is 0 Å². The smallest absolute Gasteiger partial charge is 0.261 e. The standard InChI is InChI=1S/C37H36N2O5/c1-3-18-38(2)23-31-21-34(27-16-14-25(24-40)15-17-27)44-37(43-31)30-11-7-10-29(20-30)28-9-6-8-26(19-28)22-39-35(41)32-12-4-5-13-33(32)36(39)42/h3-17,19-20,31,34,37,40H,1,18,21-24H2,2H3/t31-,34+,37+/m0/s1. The van der Waals surface area contributed by atoms with Gasteiger partial charge in [-0.3, -0.25) is 14.5 Å². The number of benzene rings is 4. The molecule has 0 aromatic heterocycles. The molecule has 2 amide bonds. The van der Waals surface area contributed by atoms with Gasteiger partial charge < -0.3 is 19.5 Å². The SMILES string of the molecule is C=CCN(C)C[C@@H]1C[C@H](c2ccc(CO)cc2)O[C@H](c2cccc(-c3cccc(CN4C(=O)c5ccccc5C4=O)c3)c2)O1. The van der Waals surface area contributed by atoms with Gasteiger partial charge in [0.05, 0.1) is 36.5 Å². The van der Waals surface area contributed by atoms with Crippen LogP contribution in [0.4, 0.5) is 0 Å². The molecular formula is C37H36N2O5. The van der Waals surface area contributed by atoms with Crippen molar-refractivity contribution in [3.8, 4) is 11.1 Å². The normalized spacial score (nSPS) is 19.8. The second-order valence-corrected chi connectivity index (χ2v) is 11.4. The molecular weight excluding hydrogens is 552 g/mol. The zero-order valence-electron chi connectivity index (χ0n) is 24.8. The van der Waals surface area contributed by atoms with Gasteiger partial charge in [-0.25, -0.2) is 0 Å². The first-order valence-corrected chi connectivity index (χ1v) is 14.9. The molecule has 44 heavy (non-hydrogen) atoms. The van der Waals surface area contributed by atoms with Crippen LogP contribution in [0.2, 0.25) is 0 Å². The first-order chi connectivity index (χ1) is 21.4. The molecule has 0 spiro atoms. The lowest BCUT2D eigenvalue weighted by atomic mass is 9.98. The number of hydrogen-bond acceptors (Lipinski definition) is 6. The Hall–Kier alpha value is -4.40. The predicted molar refractivity (Wildman–Crippen MR) is 169 cm³/mol. The molecule has 2 heterocycles. The van der Waals surface area contributed by atoms with Crippen LogP contribution in [0.1, 0.15) is 61.8 Å². The number of carbonyl (C=O) groups is 2. The maximum Gasteiger partial charge on any atom is 0.261 e. The molecule has 0 bridgehead atoms. The van der Waals surface area contributed by atoms with E-state index in [1.807, 2.05) is 72.8 Å². The summed E-state index contributed by atoms with van der Waals surface area (Å²) in [5.74, 6) is -0.531. The number of rotatable bonds is 10. The molecule has 1 N–H and O–H groups in total. The van der Waals surface area contributed by atoms with Crippen molar-refractivity contribution in [1.29, 1.82) is 0 Å². The molecule has 0 radical (unpaired) electrons. The minimum absolute atomic E-state index is 0.00119. The summed E-state index contributed by atoms with van der Waals surface area (Å²) < 4.78 is 13.1. The third-order valence-corrected chi connectivity index (χ3v) is 8.21. The van der Waals surface area contributed by atoms with E-state index in [0.29, 0.717) is 17.5 Å². The zero-order valence-corrected chi connectivity index (χ0v) is 24.8. The van der Waals surface area contributed by atoms with E-state index in [2.05, 4.69) is 24.6 Å². The average Bonchev–Trinajstić information content (AvgIpc) is 3.29. The zero-order chi connectivity index (χ0) is 30.6. The van der Waals surface area contributed by atoms with Gasteiger partial charge in [-0.15, -0.1) is 6.58 Å². The van der Waals surface area contributed by atoms with Crippen molar-refractivity contribution in [3.05, 3.63) is 143 Å². The molecule has 7 heteroatoms. The van der Waals surface area contributed by atoms with E-state index in [0.717, 1.165) is 46.5 Å². The average molecular weight is 589 g/mol. The lowest BCUT2D eigenvalue weighted by molar-refractivity contribution is -0.252. The largest absolute Gasteiger partial charge is 0.392 e. The Bertz CT molecular complexity index is 1630. The topological polar surface area (TPSA) is 79.3 Å². The molecule has 224 valence electrons. The molecule has 4 aromatic rings. The lowest BCUT2D eigenvalue weighted by Gasteiger charge is -2.37. The summed E-state index contributed by atoms with van der Waals surface area (Å²) in [7, 11) is 2.05. The minimum atomic E-state index is -0.574. The number of imide groups is 1. The van der Waals surface area contributed by atoms with Crippen LogP contribution in [-0.2, 0) is 22.6 Å². The molecule has 1 saturated heterocycles. The van der Waals surface area contributed by atoms with Gasteiger partial charge in [-0.2, -0.15) is 0 Å². The van der Waals surface area contributed by atoms with E-state index in [1.54, 1.807) is 24.3 Å². The number of ether oxygens (including phenoxy) is 2. The molecule has 4 aromatic carbocycles. The van der Waals surface area contributed by atoms with Gasteiger partial charge in [0, 0.05) is 25.1 Å². The second kappa shape index (κ2) is 13.1. The van der Waals surface area contributed by atoms with Crippen molar-refractivity contribution in [2.24, 2.45) is 0 Å². The molecule has 7 nitrogen and oxygen atoms in total. The quantitative estimate of drug-likeness (QED) is 0.173. The summed E-state index contributed by atoms with van der Waals surface area (Å²) in [5.41, 5.74) is 6.52. The van der Waals surface area contributed by atoms with Gasteiger partial charge in [-0.05, 0) is 59.1 Å². The van der Waals surface area contributed by atoms with Crippen molar-refractivity contribution in [2.75, 3.05) is 20.1 Å². The fourth-order valence-corrected chi connectivity index (χ4v) is 5.95. The fraction of sp³-hybridized carbons (Fsp3) is 0.243. The maximum absolute atomic E-state index is 12.9. The Morgan fingerprint density at radius 1 is 0.841 bits per heavy atom. The Morgan fingerprint density at radius 3 is 2.20 bits per heavy atom. The highest BCUT2D eigenvalue weighted by Gasteiger charge is 2.35. The minimum Gasteiger partial charge on any atom is -0.392 e. The Kier molecular flexibility index (Phi) is 8.82. The first-order valence-electron chi connectivity index (χ1n) is 14.9. The van der Waals surface area contributed by atoms with Gasteiger partial charge >= 0.3 is 0 Å². The fourth-order valence-electron chi connectivity index (χ4n) is 5.95. The molecule has 0 saturated carbocycles.